The van der Waals surface area contributed by atoms with Crippen LogP contribution in [0, 0.1) is 10.8 Å². The average Bonchev–Trinajstić information content (AvgIpc) is 1.82. The Morgan fingerprint density at radius 1 is 1.17 bits per heavy atom. The Balaban J connectivity index is 2.21. The smallest absolute Gasteiger partial charge is 0.311 e. The van der Waals surface area contributed by atoms with Crippen molar-refractivity contribution in [2.45, 2.75) is 18.2 Å². The van der Waals surface area contributed by atoms with Crippen molar-refractivity contribution in [2.75, 3.05) is 0 Å². The Morgan fingerprint density at radius 3 is 1.67 bits per heavy atom. The molecule has 0 amide bonds. The number of carboxylic acid groups (broad SMARTS) is 2. The maximum Gasteiger partial charge on any atom is 0.311 e. The van der Waals surface area contributed by atoms with Gasteiger partial charge in [-0.15, -0.1) is 11.6 Å². The van der Waals surface area contributed by atoms with Crippen LogP contribution in [-0.4, -0.2) is 27.5 Å². The molecule has 0 radical (unpaired) electrons. The van der Waals surface area contributed by atoms with Crippen molar-refractivity contribution in [1.29, 1.82) is 0 Å². The van der Waals surface area contributed by atoms with Crippen molar-refractivity contribution in [3.63, 3.8) is 0 Å². The quantitative estimate of drug-likeness (QED) is 0.624. The van der Waals surface area contributed by atoms with Gasteiger partial charge in [0, 0.05) is 0 Å². The maximum absolute atomic E-state index is 10.6. The lowest BCUT2D eigenvalue weighted by molar-refractivity contribution is -0.226. The molecule has 2 N–H and O–H groups in total. The Kier molecular flexibility index (Phi) is 1.15. The van der Waals surface area contributed by atoms with Gasteiger partial charge in [-0.05, 0) is 12.8 Å². The summed E-state index contributed by atoms with van der Waals surface area (Å²) >= 11 is 5.69. The van der Waals surface area contributed by atoms with E-state index < -0.39 is 28.1 Å². The van der Waals surface area contributed by atoms with E-state index in [9.17, 15) is 9.59 Å². The number of hydrogen-bond acceptors (Lipinski definition) is 2. The number of alkyl halides is 1. The third-order valence-electron chi connectivity index (χ3n) is 3.08. The van der Waals surface area contributed by atoms with Gasteiger partial charge in [-0.25, -0.2) is 0 Å². The molecule has 3 saturated carbocycles. The summed E-state index contributed by atoms with van der Waals surface area (Å²) in [7, 11) is 0. The summed E-state index contributed by atoms with van der Waals surface area (Å²) in [5, 5.41) is 16.7. The van der Waals surface area contributed by atoms with E-state index in [0.29, 0.717) is 0 Å². The first-order valence-corrected chi connectivity index (χ1v) is 4.00. The predicted molar refractivity (Wildman–Crippen MR) is 39.0 cm³/mol. The van der Waals surface area contributed by atoms with Crippen LogP contribution in [-0.2, 0) is 9.59 Å². The van der Waals surface area contributed by atoms with E-state index >= 15 is 0 Å². The standard InChI is InChI=1S/C7H7ClO4/c8-3-6(4(9)10)1-7(3,2-6)5(11)12/h3H,1-2H2,(H,9,10)(H,11,12). The molecule has 0 atom stereocenters. The molecule has 0 aromatic rings. The lowest BCUT2D eigenvalue weighted by Gasteiger charge is -2.68. The zero-order valence-corrected chi connectivity index (χ0v) is 6.84. The van der Waals surface area contributed by atoms with Crippen molar-refractivity contribution in [1.82, 2.24) is 0 Å². The van der Waals surface area contributed by atoms with Crippen LogP contribution in [0.3, 0.4) is 0 Å². The van der Waals surface area contributed by atoms with E-state index in [0.717, 1.165) is 0 Å². The second-order valence-electron chi connectivity index (χ2n) is 3.64. The molecule has 0 aliphatic heterocycles. The largest absolute Gasteiger partial charge is 0.481 e. The van der Waals surface area contributed by atoms with Crippen LogP contribution < -0.4 is 0 Å². The lowest BCUT2D eigenvalue weighted by Crippen LogP contribution is -2.77. The summed E-state index contributed by atoms with van der Waals surface area (Å²) in [4.78, 5) is 21.3. The zero-order valence-electron chi connectivity index (χ0n) is 6.08. The van der Waals surface area contributed by atoms with E-state index in [1.807, 2.05) is 0 Å². The number of carboxylic acids is 2. The number of carbonyl (C=O) groups is 2. The molecule has 0 saturated heterocycles. The minimum atomic E-state index is -0.967. The first-order valence-electron chi connectivity index (χ1n) is 3.57. The van der Waals surface area contributed by atoms with Crippen LogP contribution in [0.15, 0.2) is 0 Å². The summed E-state index contributed by atoms with van der Waals surface area (Å²) in [6.07, 6.45) is 0.387. The zero-order chi connectivity index (χ0) is 9.15. The maximum atomic E-state index is 10.6. The van der Waals surface area contributed by atoms with Crippen LogP contribution in [0.5, 0.6) is 0 Å². The monoisotopic (exact) mass is 190 g/mol. The molecule has 3 fully saturated rings. The van der Waals surface area contributed by atoms with Crippen LogP contribution in [0.1, 0.15) is 12.8 Å². The van der Waals surface area contributed by atoms with Gasteiger partial charge in [-0.1, -0.05) is 0 Å². The molecule has 0 aromatic heterocycles. The summed E-state index contributed by atoms with van der Waals surface area (Å²) in [5.41, 5.74) is -1.86. The number of hydrogen-bond donors (Lipinski definition) is 2. The fourth-order valence-corrected chi connectivity index (χ4v) is 2.71. The second-order valence-corrected chi connectivity index (χ2v) is 4.08. The molecule has 3 aliphatic carbocycles. The van der Waals surface area contributed by atoms with Gasteiger partial charge in [0.15, 0.2) is 0 Å². The molecule has 3 rings (SSSR count). The fourth-order valence-electron chi connectivity index (χ4n) is 2.22. The Bertz CT molecular complexity index is 253. The molecule has 2 bridgehead atoms. The van der Waals surface area contributed by atoms with E-state index in [-0.39, 0.29) is 12.8 Å². The van der Waals surface area contributed by atoms with Gasteiger partial charge in [0.25, 0.3) is 0 Å². The van der Waals surface area contributed by atoms with E-state index in [1.54, 1.807) is 0 Å². The SMILES string of the molecule is O=C(O)C12CC(C(=O)O)(C1)C2Cl. The van der Waals surface area contributed by atoms with Gasteiger partial charge in [0.1, 0.15) is 0 Å². The van der Waals surface area contributed by atoms with Crippen LogP contribution >= 0.6 is 11.6 Å². The van der Waals surface area contributed by atoms with E-state index in [4.69, 9.17) is 21.8 Å². The molecular formula is C7H7ClO4. The molecule has 3 aliphatic rings. The first kappa shape index (κ1) is 7.86. The molecule has 4 nitrogen and oxygen atoms in total. The third kappa shape index (κ3) is 0.504. The number of rotatable bonds is 2. The second kappa shape index (κ2) is 1.76. The molecule has 66 valence electrons. The van der Waals surface area contributed by atoms with Crippen molar-refractivity contribution >= 4 is 23.5 Å². The van der Waals surface area contributed by atoms with Gasteiger partial charge in [0.2, 0.25) is 0 Å². The highest BCUT2D eigenvalue weighted by molar-refractivity contribution is 6.27. The van der Waals surface area contributed by atoms with Gasteiger partial charge in [0.05, 0.1) is 16.2 Å². The summed E-state index contributed by atoms with van der Waals surface area (Å²) < 4.78 is 0. The van der Waals surface area contributed by atoms with Gasteiger partial charge >= 0.3 is 11.9 Å². The lowest BCUT2D eigenvalue weighted by atomic mass is 9.34. The summed E-state index contributed by atoms with van der Waals surface area (Å²) in [6, 6.07) is 0. The Hall–Kier alpha value is -0.770. The minimum absolute atomic E-state index is 0.193. The predicted octanol–water partition coefficient (Wildman–Crippen LogP) is 0.543. The molecule has 0 heterocycles. The summed E-state index contributed by atoms with van der Waals surface area (Å²) in [6.45, 7) is 0. The van der Waals surface area contributed by atoms with Gasteiger partial charge < -0.3 is 10.2 Å². The first-order chi connectivity index (χ1) is 5.46. The molecule has 0 unspecified atom stereocenters. The number of aliphatic carboxylic acids is 2. The molecule has 12 heavy (non-hydrogen) atoms. The fraction of sp³-hybridized carbons (Fsp3) is 0.714. The van der Waals surface area contributed by atoms with Gasteiger partial charge in [-0.2, -0.15) is 0 Å². The normalized spacial score (nSPS) is 48.9. The minimum Gasteiger partial charge on any atom is -0.481 e. The van der Waals surface area contributed by atoms with Crippen LogP contribution in [0.2, 0.25) is 0 Å². The Labute approximate surface area is 73.1 Å². The Morgan fingerprint density at radius 2 is 1.50 bits per heavy atom. The highest BCUT2D eigenvalue weighted by Crippen LogP contribution is 2.75. The molecule has 0 spiro atoms. The third-order valence-corrected chi connectivity index (χ3v) is 3.92. The van der Waals surface area contributed by atoms with Gasteiger partial charge in [-0.3, -0.25) is 9.59 Å². The van der Waals surface area contributed by atoms with Crippen molar-refractivity contribution in [3.8, 4) is 0 Å². The van der Waals surface area contributed by atoms with Crippen LogP contribution in [0.25, 0.3) is 0 Å². The molecule has 5 heteroatoms. The van der Waals surface area contributed by atoms with Crippen molar-refractivity contribution in [2.24, 2.45) is 10.8 Å². The van der Waals surface area contributed by atoms with E-state index in [2.05, 4.69) is 0 Å². The molecular weight excluding hydrogens is 184 g/mol. The van der Waals surface area contributed by atoms with E-state index in [1.165, 1.54) is 0 Å². The highest BCUT2D eigenvalue weighted by atomic mass is 35.5. The molecule has 0 aromatic carbocycles. The topological polar surface area (TPSA) is 74.6 Å². The highest BCUT2D eigenvalue weighted by Gasteiger charge is 2.82. The van der Waals surface area contributed by atoms with Crippen molar-refractivity contribution in [3.05, 3.63) is 0 Å². The average molecular weight is 191 g/mol. The summed E-state index contributed by atoms with van der Waals surface area (Å²) in [5.74, 6) is -1.93. The number of halogens is 1. The van der Waals surface area contributed by atoms with Crippen molar-refractivity contribution < 1.29 is 19.8 Å². The van der Waals surface area contributed by atoms with Crippen LogP contribution in [0.4, 0.5) is 0 Å².